The molecule has 0 radical (unpaired) electrons. The molecule has 1 aromatic carbocycles. The fourth-order valence-corrected chi connectivity index (χ4v) is 3.91. The standard InChI is InChI=1S/C21H24N6O2/c1-14(15-5-3-2-4-6-15)21(28)26-11-9-17(10-12-26)27-13-18(23-25-27)20-22-19(24-29-20)16-7-8-16/h2-6,13-14,16-17H,7-12H2,1H3. The Hall–Kier alpha value is -3.03. The Bertz CT molecular complexity index is 986. The highest BCUT2D eigenvalue weighted by molar-refractivity contribution is 5.83. The van der Waals surface area contributed by atoms with E-state index in [1.807, 2.05) is 53.0 Å². The van der Waals surface area contributed by atoms with Crippen molar-refractivity contribution in [2.75, 3.05) is 13.1 Å². The summed E-state index contributed by atoms with van der Waals surface area (Å²) in [6.07, 6.45) is 5.84. The van der Waals surface area contributed by atoms with Crippen LogP contribution in [0.5, 0.6) is 0 Å². The summed E-state index contributed by atoms with van der Waals surface area (Å²) in [4.78, 5) is 19.3. The Balaban J connectivity index is 1.20. The Morgan fingerprint density at radius 1 is 1.14 bits per heavy atom. The van der Waals surface area contributed by atoms with E-state index in [0.29, 0.717) is 17.5 Å². The summed E-state index contributed by atoms with van der Waals surface area (Å²) in [6.45, 7) is 3.43. The van der Waals surface area contributed by atoms with E-state index in [0.717, 1.165) is 50.2 Å². The predicted octanol–water partition coefficient (Wildman–Crippen LogP) is 3.17. The maximum atomic E-state index is 12.9. The summed E-state index contributed by atoms with van der Waals surface area (Å²) in [5.41, 5.74) is 1.67. The third-order valence-corrected chi connectivity index (χ3v) is 5.93. The van der Waals surface area contributed by atoms with Gasteiger partial charge in [-0.15, -0.1) is 5.10 Å². The van der Waals surface area contributed by atoms with E-state index >= 15 is 0 Å². The maximum absolute atomic E-state index is 12.9. The molecular formula is C21H24N6O2. The first-order valence-corrected chi connectivity index (χ1v) is 10.3. The van der Waals surface area contributed by atoms with Gasteiger partial charge in [0.1, 0.15) is 0 Å². The highest BCUT2D eigenvalue weighted by Gasteiger charge is 2.30. The average Bonchev–Trinajstić information content (AvgIpc) is 3.30. The molecule has 3 aromatic rings. The second-order valence-electron chi connectivity index (χ2n) is 8.00. The van der Waals surface area contributed by atoms with Crippen molar-refractivity contribution in [1.82, 2.24) is 30.0 Å². The molecule has 1 atom stereocenters. The fourth-order valence-electron chi connectivity index (χ4n) is 3.91. The molecule has 8 nitrogen and oxygen atoms in total. The molecule has 0 N–H and O–H groups in total. The number of carbonyl (C=O) groups is 1. The van der Waals surface area contributed by atoms with Crippen molar-refractivity contribution in [3.63, 3.8) is 0 Å². The van der Waals surface area contributed by atoms with Crippen molar-refractivity contribution < 1.29 is 9.32 Å². The van der Waals surface area contributed by atoms with Gasteiger partial charge in [0, 0.05) is 19.0 Å². The zero-order chi connectivity index (χ0) is 19.8. The number of nitrogens with zero attached hydrogens (tertiary/aromatic N) is 6. The van der Waals surface area contributed by atoms with E-state index in [1.54, 1.807) is 0 Å². The minimum Gasteiger partial charge on any atom is -0.342 e. The Morgan fingerprint density at radius 2 is 1.90 bits per heavy atom. The quantitative estimate of drug-likeness (QED) is 0.662. The van der Waals surface area contributed by atoms with Gasteiger partial charge in [0.15, 0.2) is 11.5 Å². The number of hydrogen-bond acceptors (Lipinski definition) is 6. The van der Waals surface area contributed by atoms with Crippen molar-refractivity contribution in [3.05, 3.63) is 47.9 Å². The summed E-state index contributed by atoms with van der Waals surface area (Å²) < 4.78 is 7.21. The SMILES string of the molecule is CC(C(=O)N1CCC(n2cc(-c3nc(C4CC4)no3)nn2)CC1)c1ccccc1. The van der Waals surface area contributed by atoms with Crippen molar-refractivity contribution in [1.29, 1.82) is 0 Å². The minimum atomic E-state index is -0.121. The number of hydrogen-bond donors (Lipinski definition) is 0. The van der Waals surface area contributed by atoms with Gasteiger partial charge in [0.05, 0.1) is 18.2 Å². The minimum absolute atomic E-state index is 0.121. The lowest BCUT2D eigenvalue weighted by Crippen LogP contribution is -2.41. The number of benzene rings is 1. The number of likely N-dealkylation sites (tertiary alicyclic amines) is 1. The Labute approximate surface area is 168 Å². The van der Waals surface area contributed by atoms with Crippen LogP contribution in [0.2, 0.25) is 0 Å². The van der Waals surface area contributed by atoms with E-state index in [4.69, 9.17) is 4.52 Å². The van der Waals surface area contributed by atoms with Gasteiger partial charge >= 0.3 is 0 Å². The molecule has 1 aliphatic heterocycles. The van der Waals surface area contributed by atoms with Crippen LogP contribution in [-0.4, -0.2) is 49.0 Å². The molecule has 0 bridgehead atoms. The maximum Gasteiger partial charge on any atom is 0.280 e. The van der Waals surface area contributed by atoms with Crippen molar-refractivity contribution in [2.45, 2.75) is 50.5 Å². The zero-order valence-electron chi connectivity index (χ0n) is 16.4. The van der Waals surface area contributed by atoms with E-state index in [9.17, 15) is 4.79 Å². The van der Waals surface area contributed by atoms with E-state index in [-0.39, 0.29) is 17.9 Å². The smallest absolute Gasteiger partial charge is 0.280 e. The van der Waals surface area contributed by atoms with E-state index < -0.39 is 0 Å². The number of piperidine rings is 1. The lowest BCUT2D eigenvalue weighted by molar-refractivity contribution is -0.133. The molecule has 1 aliphatic carbocycles. The van der Waals surface area contributed by atoms with E-state index in [2.05, 4.69) is 20.5 Å². The Kier molecular flexibility index (Phi) is 4.61. The molecule has 2 aliphatic rings. The van der Waals surface area contributed by atoms with Crippen LogP contribution >= 0.6 is 0 Å². The second kappa shape index (κ2) is 7.42. The lowest BCUT2D eigenvalue weighted by Gasteiger charge is -2.33. The van der Waals surface area contributed by atoms with Gasteiger partial charge in [-0.05, 0) is 38.2 Å². The molecule has 2 aromatic heterocycles. The molecule has 1 saturated carbocycles. The number of aromatic nitrogens is 5. The van der Waals surface area contributed by atoms with Gasteiger partial charge in [-0.2, -0.15) is 4.98 Å². The third kappa shape index (κ3) is 3.66. The number of carbonyl (C=O) groups excluding carboxylic acids is 1. The molecule has 29 heavy (non-hydrogen) atoms. The molecule has 1 amide bonds. The van der Waals surface area contributed by atoms with Crippen LogP contribution in [0.4, 0.5) is 0 Å². The van der Waals surface area contributed by atoms with Gasteiger partial charge < -0.3 is 9.42 Å². The molecule has 150 valence electrons. The van der Waals surface area contributed by atoms with E-state index in [1.165, 1.54) is 0 Å². The summed E-state index contributed by atoms with van der Waals surface area (Å²) in [5.74, 6) is 1.72. The van der Waals surface area contributed by atoms with Crippen LogP contribution in [0.1, 0.15) is 61.9 Å². The predicted molar refractivity (Wildman–Crippen MR) is 105 cm³/mol. The Morgan fingerprint density at radius 3 is 2.62 bits per heavy atom. The lowest BCUT2D eigenvalue weighted by atomic mass is 9.97. The molecule has 3 heterocycles. The molecule has 2 fully saturated rings. The van der Waals surface area contributed by atoms with Gasteiger partial charge in [-0.1, -0.05) is 40.7 Å². The van der Waals surface area contributed by atoms with Crippen LogP contribution < -0.4 is 0 Å². The molecule has 1 saturated heterocycles. The first-order valence-electron chi connectivity index (χ1n) is 10.3. The summed E-state index contributed by atoms with van der Waals surface area (Å²) >= 11 is 0. The summed E-state index contributed by atoms with van der Waals surface area (Å²) in [5, 5.41) is 12.5. The second-order valence-corrected chi connectivity index (χ2v) is 8.00. The molecule has 5 rings (SSSR count). The fraction of sp³-hybridized carbons (Fsp3) is 0.476. The van der Waals surface area contributed by atoms with Gasteiger partial charge in [-0.25, -0.2) is 4.68 Å². The van der Waals surface area contributed by atoms with Crippen LogP contribution in [0.3, 0.4) is 0 Å². The molecule has 0 spiro atoms. The van der Waals surface area contributed by atoms with Crippen LogP contribution in [0.25, 0.3) is 11.6 Å². The highest BCUT2D eigenvalue weighted by atomic mass is 16.5. The van der Waals surface area contributed by atoms with Crippen molar-refractivity contribution in [2.24, 2.45) is 0 Å². The highest BCUT2D eigenvalue weighted by Crippen LogP contribution is 2.38. The average molecular weight is 392 g/mol. The van der Waals surface area contributed by atoms with Crippen LogP contribution in [0.15, 0.2) is 41.1 Å². The summed E-state index contributed by atoms with van der Waals surface area (Å²) in [7, 11) is 0. The van der Waals surface area contributed by atoms with Gasteiger partial charge in [0.2, 0.25) is 5.91 Å². The van der Waals surface area contributed by atoms with Crippen LogP contribution in [-0.2, 0) is 4.79 Å². The number of amides is 1. The monoisotopic (exact) mass is 392 g/mol. The summed E-state index contributed by atoms with van der Waals surface area (Å²) in [6, 6.07) is 10.2. The third-order valence-electron chi connectivity index (χ3n) is 5.93. The molecule has 8 heteroatoms. The number of rotatable bonds is 5. The van der Waals surface area contributed by atoms with Crippen molar-refractivity contribution >= 4 is 5.91 Å². The van der Waals surface area contributed by atoms with Crippen LogP contribution in [0, 0.1) is 0 Å². The van der Waals surface area contributed by atoms with Gasteiger partial charge in [-0.3, -0.25) is 4.79 Å². The van der Waals surface area contributed by atoms with Crippen molar-refractivity contribution in [3.8, 4) is 11.6 Å². The first-order chi connectivity index (χ1) is 14.2. The van der Waals surface area contributed by atoms with Gasteiger partial charge in [0.25, 0.3) is 5.89 Å². The molecule has 1 unspecified atom stereocenters. The largest absolute Gasteiger partial charge is 0.342 e. The molecular weight excluding hydrogens is 368 g/mol. The normalized spacial score (nSPS) is 18.7. The zero-order valence-corrected chi connectivity index (χ0v) is 16.4. The topological polar surface area (TPSA) is 89.9 Å². The first kappa shape index (κ1) is 18.0.